The van der Waals surface area contributed by atoms with Gasteiger partial charge in [-0.15, -0.1) is 12.4 Å². The Bertz CT molecular complexity index is 559. The molecule has 2 aromatic carbocycles. The summed E-state index contributed by atoms with van der Waals surface area (Å²) in [5, 5.41) is 3.67. The van der Waals surface area contributed by atoms with Gasteiger partial charge in [0.2, 0.25) is 0 Å². The van der Waals surface area contributed by atoms with Crippen molar-refractivity contribution in [2.75, 3.05) is 24.5 Å². The minimum absolute atomic E-state index is 0. The average molecular weight is 345 g/mol. The number of benzene rings is 2. The van der Waals surface area contributed by atoms with Gasteiger partial charge in [-0.2, -0.15) is 0 Å². The SMILES string of the molecule is Cl.c1ccc(CCCCNCC2CCCN2c2ccccc2)cc1. The molecule has 1 N–H and O–H groups in total. The van der Waals surface area contributed by atoms with Gasteiger partial charge < -0.3 is 10.2 Å². The van der Waals surface area contributed by atoms with Crippen molar-refractivity contribution in [3.63, 3.8) is 0 Å². The molecule has 3 rings (SSSR count). The number of aryl methyl sites for hydroxylation is 1. The second kappa shape index (κ2) is 10.4. The van der Waals surface area contributed by atoms with Gasteiger partial charge in [0, 0.05) is 24.8 Å². The molecule has 24 heavy (non-hydrogen) atoms. The first-order chi connectivity index (χ1) is 11.4. The van der Waals surface area contributed by atoms with Crippen LogP contribution in [0.3, 0.4) is 0 Å². The van der Waals surface area contributed by atoms with E-state index < -0.39 is 0 Å². The zero-order valence-electron chi connectivity index (χ0n) is 14.4. The third-order valence-electron chi connectivity index (χ3n) is 4.76. The summed E-state index contributed by atoms with van der Waals surface area (Å²) >= 11 is 0. The minimum Gasteiger partial charge on any atom is -0.367 e. The lowest BCUT2D eigenvalue weighted by Crippen LogP contribution is -2.38. The maximum atomic E-state index is 3.67. The van der Waals surface area contributed by atoms with Crippen molar-refractivity contribution >= 4 is 18.1 Å². The van der Waals surface area contributed by atoms with Crippen LogP contribution in [0, 0.1) is 0 Å². The summed E-state index contributed by atoms with van der Waals surface area (Å²) in [6.07, 6.45) is 6.35. The lowest BCUT2D eigenvalue weighted by molar-refractivity contribution is 0.553. The van der Waals surface area contributed by atoms with Crippen molar-refractivity contribution in [2.24, 2.45) is 0 Å². The molecule has 1 unspecified atom stereocenters. The highest BCUT2D eigenvalue weighted by atomic mass is 35.5. The van der Waals surface area contributed by atoms with Crippen LogP contribution in [0.4, 0.5) is 5.69 Å². The van der Waals surface area contributed by atoms with E-state index >= 15 is 0 Å². The van der Waals surface area contributed by atoms with E-state index in [1.807, 2.05) is 0 Å². The fraction of sp³-hybridized carbons (Fsp3) is 0.429. The van der Waals surface area contributed by atoms with E-state index in [1.54, 1.807) is 0 Å². The Kier molecular flexibility index (Phi) is 8.14. The van der Waals surface area contributed by atoms with Gasteiger partial charge >= 0.3 is 0 Å². The van der Waals surface area contributed by atoms with E-state index in [2.05, 4.69) is 70.9 Å². The largest absolute Gasteiger partial charge is 0.367 e. The van der Waals surface area contributed by atoms with Crippen LogP contribution >= 0.6 is 12.4 Å². The lowest BCUT2D eigenvalue weighted by atomic mass is 10.1. The summed E-state index contributed by atoms with van der Waals surface area (Å²) in [6, 6.07) is 22.3. The molecule has 1 atom stereocenters. The number of para-hydroxylation sites is 1. The molecule has 0 amide bonds. The summed E-state index contributed by atoms with van der Waals surface area (Å²) in [5.41, 5.74) is 2.83. The first-order valence-electron chi connectivity index (χ1n) is 9.00. The predicted molar refractivity (Wildman–Crippen MR) is 106 cm³/mol. The quantitative estimate of drug-likeness (QED) is 0.699. The molecule has 0 aliphatic carbocycles. The van der Waals surface area contributed by atoms with Crippen LogP contribution in [-0.4, -0.2) is 25.7 Å². The highest BCUT2D eigenvalue weighted by Crippen LogP contribution is 2.24. The van der Waals surface area contributed by atoms with Gasteiger partial charge in [-0.3, -0.25) is 0 Å². The van der Waals surface area contributed by atoms with Gasteiger partial charge in [-0.05, 0) is 56.3 Å². The van der Waals surface area contributed by atoms with E-state index in [-0.39, 0.29) is 12.4 Å². The molecule has 130 valence electrons. The highest BCUT2D eigenvalue weighted by molar-refractivity contribution is 5.85. The molecule has 1 aliphatic heterocycles. The molecule has 3 heteroatoms. The van der Waals surface area contributed by atoms with E-state index in [4.69, 9.17) is 0 Å². The molecule has 0 bridgehead atoms. The van der Waals surface area contributed by atoms with Gasteiger partial charge in [0.25, 0.3) is 0 Å². The van der Waals surface area contributed by atoms with E-state index in [9.17, 15) is 0 Å². The Morgan fingerprint density at radius 2 is 1.62 bits per heavy atom. The molecular formula is C21H29ClN2. The van der Waals surface area contributed by atoms with Gasteiger partial charge in [-0.25, -0.2) is 0 Å². The van der Waals surface area contributed by atoms with Crippen molar-refractivity contribution < 1.29 is 0 Å². The third-order valence-corrected chi connectivity index (χ3v) is 4.76. The molecule has 0 spiro atoms. The standard InChI is InChI=1S/C21H28N2.ClH/c1-3-10-19(11-4-1)12-7-8-16-22-18-21-15-9-17-23(21)20-13-5-2-6-14-20;/h1-6,10-11,13-14,21-22H,7-9,12,15-18H2;1H. The molecule has 1 heterocycles. The maximum absolute atomic E-state index is 3.67. The van der Waals surface area contributed by atoms with Crippen molar-refractivity contribution in [3.8, 4) is 0 Å². The molecule has 0 aromatic heterocycles. The monoisotopic (exact) mass is 344 g/mol. The molecule has 2 nitrogen and oxygen atoms in total. The van der Waals surface area contributed by atoms with Crippen LogP contribution in [0.25, 0.3) is 0 Å². The minimum atomic E-state index is 0. The Morgan fingerprint density at radius 3 is 2.38 bits per heavy atom. The Labute approximate surface area is 152 Å². The van der Waals surface area contributed by atoms with Gasteiger partial charge in [0.1, 0.15) is 0 Å². The highest BCUT2D eigenvalue weighted by Gasteiger charge is 2.23. The van der Waals surface area contributed by atoms with Crippen molar-refractivity contribution in [2.45, 2.75) is 38.1 Å². The summed E-state index contributed by atoms with van der Waals surface area (Å²) in [7, 11) is 0. The summed E-state index contributed by atoms with van der Waals surface area (Å²) in [4.78, 5) is 2.57. The maximum Gasteiger partial charge on any atom is 0.0415 e. The molecular weight excluding hydrogens is 316 g/mol. The molecule has 0 radical (unpaired) electrons. The zero-order valence-corrected chi connectivity index (χ0v) is 15.2. The normalized spacial score (nSPS) is 16.8. The number of nitrogens with one attached hydrogen (secondary N) is 1. The van der Waals surface area contributed by atoms with Crippen molar-refractivity contribution in [1.29, 1.82) is 0 Å². The van der Waals surface area contributed by atoms with Crippen LogP contribution < -0.4 is 10.2 Å². The molecule has 2 aromatic rings. The number of nitrogens with zero attached hydrogens (tertiary/aromatic N) is 1. The van der Waals surface area contributed by atoms with Gasteiger partial charge in [-0.1, -0.05) is 48.5 Å². The number of anilines is 1. The Balaban J connectivity index is 0.00000208. The summed E-state index contributed by atoms with van der Waals surface area (Å²) < 4.78 is 0. The first kappa shape index (κ1) is 18.8. The number of hydrogen-bond donors (Lipinski definition) is 1. The number of hydrogen-bond acceptors (Lipinski definition) is 2. The van der Waals surface area contributed by atoms with Crippen LogP contribution in [0.1, 0.15) is 31.2 Å². The third kappa shape index (κ3) is 5.54. The number of rotatable bonds is 8. The molecule has 0 saturated carbocycles. The lowest BCUT2D eigenvalue weighted by Gasteiger charge is -2.27. The number of halogens is 1. The molecule has 1 saturated heterocycles. The fourth-order valence-electron chi connectivity index (χ4n) is 3.50. The second-order valence-electron chi connectivity index (χ2n) is 6.47. The smallest absolute Gasteiger partial charge is 0.0415 e. The van der Waals surface area contributed by atoms with Crippen LogP contribution in [-0.2, 0) is 6.42 Å². The topological polar surface area (TPSA) is 15.3 Å². The molecule has 1 aliphatic rings. The van der Waals surface area contributed by atoms with Gasteiger partial charge in [0.05, 0.1) is 0 Å². The van der Waals surface area contributed by atoms with E-state index in [0.717, 1.165) is 13.1 Å². The van der Waals surface area contributed by atoms with Crippen LogP contribution in [0.5, 0.6) is 0 Å². The van der Waals surface area contributed by atoms with Crippen molar-refractivity contribution in [1.82, 2.24) is 5.32 Å². The zero-order chi connectivity index (χ0) is 15.7. The van der Waals surface area contributed by atoms with Gasteiger partial charge in [0.15, 0.2) is 0 Å². The fourth-order valence-corrected chi connectivity index (χ4v) is 3.50. The molecule has 1 fully saturated rings. The van der Waals surface area contributed by atoms with Crippen LogP contribution in [0.15, 0.2) is 60.7 Å². The first-order valence-corrected chi connectivity index (χ1v) is 9.00. The van der Waals surface area contributed by atoms with Crippen molar-refractivity contribution in [3.05, 3.63) is 66.2 Å². The Morgan fingerprint density at radius 1 is 0.917 bits per heavy atom. The average Bonchev–Trinajstić information content (AvgIpc) is 3.08. The summed E-state index contributed by atoms with van der Waals surface area (Å²) in [5.74, 6) is 0. The van der Waals surface area contributed by atoms with Crippen LogP contribution in [0.2, 0.25) is 0 Å². The summed E-state index contributed by atoms with van der Waals surface area (Å²) in [6.45, 7) is 3.44. The predicted octanol–water partition coefficient (Wildman–Crippen LogP) is 4.69. The Hall–Kier alpha value is -1.51. The number of unbranched alkanes of at least 4 members (excludes halogenated alkanes) is 1. The van der Waals surface area contributed by atoms with E-state index in [1.165, 1.54) is 49.9 Å². The van der Waals surface area contributed by atoms with E-state index in [0.29, 0.717) is 6.04 Å². The second-order valence-corrected chi connectivity index (χ2v) is 6.47.